The van der Waals surface area contributed by atoms with Crippen LogP contribution in [-0.2, 0) is 4.79 Å². The molecule has 2 aromatic rings. The molecule has 2 N–H and O–H groups in total. The van der Waals surface area contributed by atoms with Crippen LogP contribution in [0.5, 0.6) is 0 Å². The predicted octanol–water partition coefficient (Wildman–Crippen LogP) is 5.36. The maximum Gasteiger partial charge on any atom is 0.310 e. The monoisotopic (exact) mass is 469 g/mol. The third-order valence-corrected chi connectivity index (χ3v) is 7.62. The second kappa shape index (κ2) is 9.94. The van der Waals surface area contributed by atoms with Gasteiger partial charge in [0.05, 0.1) is 17.5 Å². The number of carboxylic acids is 1. The molecule has 0 saturated heterocycles. The molecule has 1 saturated carbocycles. The highest BCUT2D eigenvalue weighted by Crippen LogP contribution is 2.37. The first-order chi connectivity index (χ1) is 17.0. The van der Waals surface area contributed by atoms with Crippen LogP contribution in [-0.4, -0.2) is 45.0 Å². The molecule has 5 atom stereocenters. The van der Waals surface area contributed by atoms with Crippen molar-refractivity contribution in [3.63, 3.8) is 0 Å². The Labute approximate surface area is 205 Å². The van der Waals surface area contributed by atoms with Gasteiger partial charge in [-0.25, -0.2) is 5.01 Å². The van der Waals surface area contributed by atoms with E-state index in [2.05, 4.69) is 22.7 Å². The summed E-state index contributed by atoms with van der Waals surface area (Å²) in [7, 11) is 0. The summed E-state index contributed by atoms with van der Waals surface area (Å²) < 4.78 is 0. The standard InChI is InChI=1S/C28H31N5O2/c1-2-22(28(34)35)18-9-6-10-20(12-11-18)25-15-26(29)33-27(32-25)23(17-31-33)21-13-14-24(30-16-21)19-7-4-3-5-8-19/h2-5,7-8,13-14,16-18,20,22-23,27,29H,1,6,9-12,15H2,(H,34,35). The zero-order valence-corrected chi connectivity index (χ0v) is 19.8. The van der Waals surface area contributed by atoms with Gasteiger partial charge in [0.15, 0.2) is 6.17 Å². The van der Waals surface area contributed by atoms with Gasteiger partial charge in [-0.05, 0) is 49.1 Å². The molecule has 0 amide bonds. The molecule has 35 heavy (non-hydrogen) atoms. The molecule has 3 heterocycles. The van der Waals surface area contributed by atoms with Crippen LogP contribution >= 0.6 is 0 Å². The molecule has 1 aromatic carbocycles. The van der Waals surface area contributed by atoms with Gasteiger partial charge >= 0.3 is 5.97 Å². The molecule has 0 bridgehead atoms. The van der Waals surface area contributed by atoms with Crippen LogP contribution in [0.1, 0.15) is 50.0 Å². The molecule has 2 aliphatic heterocycles. The lowest BCUT2D eigenvalue weighted by atomic mass is 9.85. The van der Waals surface area contributed by atoms with Gasteiger partial charge in [0.25, 0.3) is 0 Å². The topological polar surface area (TPSA) is 102 Å². The molecule has 180 valence electrons. The maximum atomic E-state index is 11.6. The molecule has 1 aliphatic carbocycles. The largest absolute Gasteiger partial charge is 0.481 e. The van der Waals surface area contributed by atoms with E-state index in [1.54, 1.807) is 11.1 Å². The lowest BCUT2D eigenvalue weighted by molar-refractivity contribution is -0.141. The maximum absolute atomic E-state index is 11.6. The Balaban J connectivity index is 1.33. The Morgan fingerprint density at radius 3 is 2.69 bits per heavy atom. The lowest BCUT2D eigenvalue weighted by Gasteiger charge is -2.32. The minimum atomic E-state index is -0.784. The van der Waals surface area contributed by atoms with Crippen molar-refractivity contribution >= 4 is 23.7 Å². The van der Waals surface area contributed by atoms with Crippen LogP contribution in [0.15, 0.2) is 71.4 Å². The van der Waals surface area contributed by atoms with Crippen LogP contribution in [0.2, 0.25) is 0 Å². The smallest absolute Gasteiger partial charge is 0.310 e. The molecule has 5 rings (SSSR count). The van der Waals surface area contributed by atoms with Crippen molar-refractivity contribution in [2.75, 3.05) is 0 Å². The SMILES string of the molecule is C=CC(C(=O)O)C1CCCC(C2=NC3C(c4ccc(-c5ccccc5)nc4)C=NN3C(=N)C2)CC1. The fourth-order valence-corrected chi connectivity index (χ4v) is 5.68. The number of nitrogens with zero attached hydrogens (tertiary/aromatic N) is 4. The van der Waals surface area contributed by atoms with Crippen LogP contribution < -0.4 is 0 Å². The normalized spacial score (nSPS) is 27.0. The van der Waals surface area contributed by atoms with Crippen LogP contribution in [0.25, 0.3) is 11.3 Å². The van der Waals surface area contributed by atoms with E-state index in [9.17, 15) is 9.90 Å². The van der Waals surface area contributed by atoms with Crippen molar-refractivity contribution in [1.82, 2.24) is 9.99 Å². The number of fused-ring (bicyclic) bond motifs is 1. The number of rotatable bonds is 6. The van der Waals surface area contributed by atoms with Crippen molar-refractivity contribution in [2.45, 2.75) is 50.6 Å². The summed E-state index contributed by atoms with van der Waals surface area (Å²) in [6.45, 7) is 3.75. The zero-order chi connectivity index (χ0) is 24.4. The number of nitrogens with one attached hydrogen (secondary N) is 1. The highest BCUT2D eigenvalue weighted by atomic mass is 16.4. The van der Waals surface area contributed by atoms with Crippen molar-refractivity contribution in [3.05, 3.63) is 66.9 Å². The van der Waals surface area contributed by atoms with Gasteiger partial charge in [0, 0.05) is 30.1 Å². The van der Waals surface area contributed by atoms with E-state index in [4.69, 9.17) is 10.4 Å². The van der Waals surface area contributed by atoms with Crippen molar-refractivity contribution in [2.24, 2.45) is 27.8 Å². The molecule has 1 aromatic heterocycles. The average molecular weight is 470 g/mol. The van der Waals surface area contributed by atoms with Crippen LogP contribution in [0.3, 0.4) is 0 Å². The third kappa shape index (κ3) is 4.67. The van der Waals surface area contributed by atoms with Gasteiger partial charge in [-0.1, -0.05) is 48.9 Å². The molecule has 1 fully saturated rings. The summed E-state index contributed by atoms with van der Waals surface area (Å²) in [5.41, 5.74) is 4.10. The van der Waals surface area contributed by atoms with Crippen molar-refractivity contribution in [3.8, 4) is 11.3 Å². The quantitative estimate of drug-likeness (QED) is 0.439. The fourth-order valence-electron chi connectivity index (χ4n) is 5.68. The Hall–Kier alpha value is -3.61. The Morgan fingerprint density at radius 2 is 1.97 bits per heavy atom. The van der Waals surface area contributed by atoms with E-state index in [-0.39, 0.29) is 23.9 Å². The lowest BCUT2D eigenvalue weighted by Crippen LogP contribution is -2.41. The van der Waals surface area contributed by atoms with E-state index in [0.29, 0.717) is 12.3 Å². The first-order valence-corrected chi connectivity index (χ1v) is 12.4. The molecule has 7 heteroatoms. The number of aromatic nitrogens is 1. The number of carbonyl (C=O) groups is 1. The van der Waals surface area contributed by atoms with E-state index >= 15 is 0 Å². The Kier molecular flexibility index (Phi) is 6.57. The molecule has 0 spiro atoms. The number of hydrazone groups is 1. The van der Waals surface area contributed by atoms with Gasteiger partial charge in [0.1, 0.15) is 5.84 Å². The van der Waals surface area contributed by atoms with Gasteiger partial charge < -0.3 is 5.11 Å². The number of amidine groups is 1. The van der Waals surface area contributed by atoms with E-state index in [1.165, 1.54) is 0 Å². The number of pyridine rings is 1. The number of benzene rings is 1. The summed E-state index contributed by atoms with van der Waals surface area (Å²) in [6, 6.07) is 14.2. The number of aliphatic carboxylic acids is 1. The first kappa shape index (κ1) is 23.1. The van der Waals surface area contributed by atoms with Crippen molar-refractivity contribution < 1.29 is 9.90 Å². The third-order valence-electron chi connectivity index (χ3n) is 7.62. The molecule has 7 nitrogen and oxygen atoms in total. The van der Waals surface area contributed by atoms with Crippen LogP contribution in [0, 0.1) is 23.2 Å². The summed E-state index contributed by atoms with van der Waals surface area (Å²) in [5, 5.41) is 24.4. The van der Waals surface area contributed by atoms with Gasteiger partial charge in [-0.2, -0.15) is 5.10 Å². The number of hydrogen-bond acceptors (Lipinski definition) is 5. The second-order valence-corrected chi connectivity index (χ2v) is 9.70. The first-order valence-electron chi connectivity index (χ1n) is 12.4. The summed E-state index contributed by atoms with van der Waals surface area (Å²) in [4.78, 5) is 21.4. The molecule has 0 radical (unpaired) electrons. The summed E-state index contributed by atoms with van der Waals surface area (Å²) in [5.74, 6) is -0.460. The molecule has 3 aliphatic rings. The number of hydrogen-bond donors (Lipinski definition) is 2. The minimum Gasteiger partial charge on any atom is -0.481 e. The molecule has 5 unspecified atom stereocenters. The van der Waals surface area contributed by atoms with Crippen molar-refractivity contribution in [1.29, 1.82) is 5.41 Å². The minimum absolute atomic E-state index is 0.0568. The zero-order valence-electron chi connectivity index (χ0n) is 19.8. The van der Waals surface area contributed by atoms with Gasteiger partial charge in [-0.15, -0.1) is 6.58 Å². The van der Waals surface area contributed by atoms with E-state index in [1.807, 2.05) is 48.8 Å². The molecular formula is C28H31N5O2. The highest BCUT2D eigenvalue weighted by molar-refractivity contribution is 6.06. The highest BCUT2D eigenvalue weighted by Gasteiger charge is 2.39. The van der Waals surface area contributed by atoms with Gasteiger partial charge in [0.2, 0.25) is 0 Å². The summed E-state index contributed by atoms with van der Waals surface area (Å²) >= 11 is 0. The van der Waals surface area contributed by atoms with Crippen LogP contribution in [0.4, 0.5) is 0 Å². The average Bonchev–Trinajstić information content (AvgIpc) is 3.16. The molecular weight excluding hydrogens is 438 g/mol. The Morgan fingerprint density at radius 1 is 1.14 bits per heavy atom. The number of carboxylic acid groups (broad SMARTS) is 1. The van der Waals surface area contributed by atoms with Gasteiger partial charge in [-0.3, -0.25) is 20.2 Å². The predicted molar refractivity (Wildman–Crippen MR) is 138 cm³/mol. The number of aliphatic imine (C=N–C) groups is 1. The Bertz CT molecular complexity index is 1160. The second-order valence-electron chi connectivity index (χ2n) is 9.70. The fraction of sp³-hybridized carbons (Fsp3) is 0.393. The van der Waals surface area contributed by atoms with E-state index in [0.717, 1.165) is 54.6 Å². The summed E-state index contributed by atoms with van der Waals surface area (Å²) in [6.07, 6.45) is 10.2. The van der Waals surface area contributed by atoms with E-state index < -0.39 is 11.9 Å².